The number of aromatic amines is 1. The zero-order chi connectivity index (χ0) is 11.5. The number of H-pyrrole nitrogens is 1. The Balaban J connectivity index is 2.20. The van der Waals surface area contributed by atoms with Gasteiger partial charge in [-0.15, -0.1) is 0 Å². The Bertz CT molecular complexity index is 501. The molecule has 0 spiro atoms. The molecular weight excluding hydrogens is 233 g/mol. The number of benzene rings is 1. The van der Waals surface area contributed by atoms with Gasteiger partial charge in [-0.25, -0.2) is 9.37 Å². The molecule has 6 heteroatoms. The molecule has 0 saturated heterocycles. The largest absolute Gasteiger partial charge is 0.388 e. The van der Waals surface area contributed by atoms with Crippen LogP contribution in [0, 0.1) is 5.82 Å². The monoisotopic (exact) mass is 241 g/mol. The summed E-state index contributed by atoms with van der Waals surface area (Å²) < 4.78 is 12.8. The van der Waals surface area contributed by atoms with Crippen LogP contribution in [0.15, 0.2) is 18.2 Å². The number of halogens is 2. The molecule has 16 heavy (non-hydrogen) atoms. The lowest BCUT2D eigenvalue weighted by Gasteiger charge is -2.01. The third kappa shape index (κ3) is 2.37. The number of rotatable bonds is 3. The highest BCUT2D eigenvalue weighted by Gasteiger charge is 2.07. The third-order valence-corrected chi connectivity index (χ3v) is 2.44. The van der Waals surface area contributed by atoms with E-state index in [2.05, 4.69) is 15.2 Å². The second kappa shape index (κ2) is 4.59. The number of aliphatic hydroxyl groups is 1. The normalized spacial score (nSPS) is 10.7. The van der Waals surface area contributed by atoms with Crippen molar-refractivity contribution in [3.63, 3.8) is 0 Å². The molecular formula is C10H9ClFN3O. The number of hydrogen-bond donors (Lipinski definition) is 2. The van der Waals surface area contributed by atoms with E-state index in [1.165, 1.54) is 12.1 Å². The quantitative estimate of drug-likeness (QED) is 0.860. The Morgan fingerprint density at radius 1 is 1.44 bits per heavy atom. The van der Waals surface area contributed by atoms with Crippen LogP contribution in [0.4, 0.5) is 4.39 Å². The van der Waals surface area contributed by atoms with Crippen LogP contribution in [0.3, 0.4) is 0 Å². The van der Waals surface area contributed by atoms with Gasteiger partial charge in [0, 0.05) is 11.4 Å². The molecule has 0 aliphatic heterocycles. The van der Waals surface area contributed by atoms with E-state index in [1.807, 2.05) is 0 Å². The Morgan fingerprint density at radius 2 is 2.25 bits per heavy atom. The molecule has 0 aliphatic rings. The van der Waals surface area contributed by atoms with Gasteiger partial charge in [-0.2, -0.15) is 5.10 Å². The molecule has 1 heterocycles. The van der Waals surface area contributed by atoms with Crippen molar-refractivity contribution in [2.24, 2.45) is 0 Å². The van der Waals surface area contributed by atoms with Gasteiger partial charge in [-0.05, 0) is 17.7 Å². The second-order valence-corrected chi connectivity index (χ2v) is 3.68. The first-order chi connectivity index (χ1) is 7.69. The molecule has 0 unspecified atom stereocenters. The zero-order valence-electron chi connectivity index (χ0n) is 8.24. The summed E-state index contributed by atoms with van der Waals surface area (Å²) in [5.74, 6) is 0.535. The van der Waals surface area contributed by atoms with Gasteiger partial charge in [0.1, 0.15) is 18.2 Å². The van der Waals surface area contributed by atoms with E-state index in [0.29, 0.717) is 23.1 Å². The lowest BCUT2D eigenvalue weighted by atomic mass is 10.1. The summed E-state index contributed by atoms with van der Waals surface area (Å²) in [4.78, 5) is 4.02. The van der Waals surface area contributed by atoms with Crippen molar-refractivity contribution < 1.29 is 9.50 Å². The second-order valence-electron chi connectivity index (χ2n) is 3.27. The Morgan fingerprint density at radius 3 is 2.88 bits per heavy atom. The summed E-state index contributed by atoms with van der Waals surface area (Å²) in [5.41, 5.74) is 0.753. The van der Waals surface area contributed by atoms with Crippen molar-refractivity contribution in [3.05, 3.63) is 46.3 Å². The lowest BCUT2D eigenvalue weighted by molar-refractivity contribution is 0.272. The minimum atomic E-state index is -0.373. The van der Waals surface area contributed by atoms with Gasteiger partial charge in [0.05, 0.1) is 0 Å². The van der Waals surface area contributed by atoms with E-state index in [-0.39, 0.29) is 12.4 Å². The van der Waals surface area contributed by atoms with Crippen molar-refractivity contribution in [1.82, 2.24) is 15.2 Å². The first-order valence-electron chi connectivity index (χ1n) is 4.64. The van der Waals surface area contributed by atoms with Gasteiger partial charge in [0.15, 0.2) is 5.82 Å². The van der Waals surface area contributed by atoms with Crippen LogP contribution < -0.4 is 0 Å². The SMILES string of the molecule is OCc1n[nH]c(Cc2ccc(F)cc2Cl)n1. The number of hydrogen-bond acceptors (Lipinski definition) is 3. The summed E-state index contributed by atoms with van der Waals surface area (Å²) in [6, 6.07) is 4.18. The molecule has 84 valence electrons. The van der Waals surface area contributed by atoms with Gasteiger partial charge >= 0.3 is 0 Å². The van der Waals surface area contributed by atoms with E-state index in [0.717, 1.165) is 5.56 Å². The van der Waals surface area contributed by atoms with E-state index < -0.39 is 0 Å². The van der Waals surface area contributed by atoms with Crippen LogP contribution in [0.2, 0.25) is 5.02 Å². The number of aliphatic hydroxyl groups excluding tert-OH is 1. The highest BCUT2D eigenvalue weighted by atomic mass is 35.5. The van der Waals surface area contributed by atoms with E-state index in [4.69, 9.17) is 16.7 Å². The fourth-order valence-corrected chi connectivity index (χ4v) is 1.56. The standard InChI is InChI=1S/C10H9ClFN3O/c11-8-4-7(12)2-1-6(8)3-9-13-10(5-16)15-14-9/h1-2,4,16H,3,5H2,(H,13,14,15). The zero-order valence-corrected chi connectivity index (χ0v) is 9.00. The molecule has 0 saturated carbocycles. The minimum absolute atomic E-state index is 0.215. The minimum Gasteiger partial charge on any atom is -0.388 e. The summed E-state index contributed by atoms with van der Waals surface area (Å²) in [7, 11) is 0. The molecule has 0 bridgehead atoms. The Kier molecular flexibility index (Phi) is 3.17. The predicted molar refractivity (Wildman–Crippen MR) is 56.5 cm³/mol. The Hall–Kier alpha value is -1.46. The maximum atomic E-state index is 12.8. The summed E-state index contributed by atoms with van der Waals surface area (Å²) in [6.07, 6.45) is 0.423. The van der Waals surface area contributed by atoms with Crippen LogP contribution in [-0.2, 0) is 13.0 Å². The van der Waals surface area contributed by atoms with Crippen LogP contribution in [0.5, 0.6) is 0 Å². The average Bonchev–Trinajstić information content (AvgIpc) is 2.70. The van der Waals surface area contributed by atoms with E-state index in [9.17, 15) is 4.39 Å². The fourth-order valence-electron chi connectivity index (χ4n) is 1.33. The molecule has 0 aliphatic carbocycles. The molecule has 0 radical (unpaired) electrons. The number of nitrogens with one attached hydrogen (secondary N) is 1. The van der Waals surface area contributed by atoms with E-state index >= 15 is 0 Å². The lowest BCUT2D eigenvalue weighted by Crippen LogP contribution is -1.93. The highest BCUT2D eigenvalue weighted by molar-refractivity contribution is 6.31. The first kappa shape index (κ1) is 11.0. The molecule has 0 atom stereocenters. The van der Waals surface area contributed by atoms with Gasteiger partial charge < -0.3 is 5.11 Å². The molecule has 2 rings (SSSR count). The smallest absolute Gasteiger partial charge is 0.176 e. The van der Waals surface area contributed by atoms with Crippen molar-refractivity contribution in [2.75, 3.05) is 0 Å². The van der Waals surface area contributed by atoms with Crippen LogP contribution in [0.25, 0.3) is 0 Å². The molecule has 0 fully saturated rings. The van der Waals surface area contributed by atoms with E-state index in [1.54, 1.807) is 6.07 Å². The van der Waals surface area contributed by atoms with Crippen LogP contribution in [-0.4, -0.2) is 20.3 Å². The van der Waals surface area contributed by atoms with Crippen molar-refractivity contribution >= 4 is 11.6 Å². The maximum Gasteiger partial charge on any atom is 0.176 e. The molecule has 1 aromatic carbocycles. The summed E-state index contributed by atoms with van der Waals surface area (Å²) >= 11 is 5.87. The first-order valence-corrected chi connectivity index (χ1v) is 5.02. The molecule has 1 aromatic heterocycles. The van der Waals surface area contributed by atoms with Crippen LogP contribution >= 0.6 is 11.6 Å². The molecule has 4 nitrogen and oxygen atoms in total. The molecule has 2 N–H and O–H groups in total. The maximum absolute atomic E-state index is 12.8. The number of aromatic nitrogens is 3. The van der Waals surface area contributed by atoms with Crippen LogP contribution in [0.1, 0.15) is 17.2 Å². The predicted octanol–water partition coefficient (Wildman–Crippen LogP) is 1.68. The number of nitrogens with zero attached hydrogens (tertiary/aromatic N) is 2. The van der Waals surface area contributed by atoms with Gasteiger partial charge in [0.2, 0.25) is 0 Å². The third-order valence-electron chi connectivity index (χ3n) is 2.09. The molecule has 0 amide bonds. The fraction of sp³-hybridized carbons (Fsp3) is 0.200. The highest BCUT2D eigenvalue weighted by Crippen LogP contribution is 2.19. The molecule has 2 aromatic rings. The van der Waals surface area contributed by atoms with Crippen molar-refractivity contribution in [1.29, 1.82) is 0 Å². The van der Waals surface area contributed by atoms with Gasteiger partial charge in [0.25, 0.3) is 0 Å². The van der Waals surface area contributed by atoms with Crippen molar-refractivity contribution in [3.8, 4) is 0 Å². The van der Waals surface area contributed by atoms with Crippen molar-refractivity contribution in [2.45, 2.75) is 13.0 Å². The Labute approximate surface area is 96.1 Å². The summed E-state index contributed by atoms with van der Waals surface area (Å²) in [6.45, 7) is -0.215. The van der Waals surface area contributed by atoms with Gasteiger partial charge in [-0.1, -0.05) is 17.7 Å². The average molecular weight is 242 g/mol. The summed E-state index contributed by atoms with van der Waals surface area (Å²) in [5, 5.41) is 15.6. The topological polar surface area (TPSA) is 61.8 Å². The van der Waals surface area contributed by atoms with Gasteiger partial charge in [-0.3, -0.25) is 5.10 Å².